The van der Waals surface area contributed by atoms with Crippen molar-refractivity contribution in [3.8, 4) is 0 Å². The molecule has 8 unspecified atom stereocenters. The van der Waals surface area contributed by atoms with Crippen LogP contribution in [-0.2, 0) is 78.3 Å². The van der Waals surface area contributed by atoms with Gasteiger partial charge in [0.25, 0.3) is 0 Å². The van der Waals surface area contributed by atoms with Gasteiger partial charge in [-0.2, -0.15) is 5.06 Å². The van der Waals surface area contributed by atoms with E-state index in [9.17, 15) is 24.3 Å². The van der Waals surface area contributed by atoms with Crippen molar-refractivity contribution in [2.24, 2.45) is 10.8 Å². The fourth-order valence-electron chi connectivity index (χ4n) is 9.98. The molecule has 2 amide bonds. The van der Waals surface area contributed by atoms with Crippen molar-refractivity contribution in [2.75, 3.05) is 26.8 Å². The van der Waals surface area contributed by atoms with E-state index in [1.807, 2.05) is 66.7 Å². The second kappa shape index (κ2) is 15.8. The Morgan fingerprint density at radius 1 is 0.951 bits per heavy atom. The van der Waals surface area contributed by atoms with Gasteiger partial charge in [0.05, 0.1) is 13.2 Å². The van der Waals surface area contributed by atoms with Gasteiger partial charge in [-0.1, -0.05) is 92.7 Å². The van der Waals surface area contributed by atoms with Gasteiger partial charge in [0.15, 0.2) is 11.8 Å². The summed E-state index contributed by atoms with van der Waals surface area (Å²) in [4.78, 5) is 77.0. The number of likely N-dealkylation sites (N-methyl/N-ethyl adjacent to an activating group) is 1. The topological polar surface area (TPSA) is 179 Å². The number of ether oxygens (including phenoxy) is 5. The first-order chi connectivity index (χ1) is 29.3. The Kier molecular flexibility index (Phi) is 10.6. The summed E-state index contributed by atoms with van der Waals surface area (Å²) in [5.41, 5.74) is 2.09. The lowest BCUT2D eigenvalue weighted by atomic mass is 9.62. The zero-order valence-corrected chi connectivity index (χ0v) is 34.2. The molecule has 4 saturated heterocycles. The van der Waals surface area contributed by atoms with E-state index in [1.165, 1.54) is 16.0 Å². The van der Waals surface area contributed by atoms with Gasteiger partial charge in [-0.3, -0.25) is 19.2 Å². The Bertz CT molecular complexity index is 2240. The molecule has 4 heterocycles. The molecule has 5 fully saturated rings. The maximum absolute atomic E-state index is 15.5. The second-order valence-corrected chi connectivity index (χ2v) is 17.5. The molecule has 1 spiro atoms. The third kappa shape index (κ3) is 7.31. The summed E-state index contributed by atoms with van der Waals surface area (Å²) in [6, 6.07) is 22.3. The van der Waals surface area contributed by atoms with Gasteiger partial charge in [0.1, 0.15) is 42.5 Å². The molecule has 4 aliphatic heterocycles. The molecule has 0 aromatic heterocycles. The molecule has 3 aromatic carbocycles. The third-order valence-corrected chi connectivity index (χ3v) is 12.9. The fraction of sp³-hybridized carbons (Fsp3) is 0.457. The average molecular weight is 836 g/mol. The summed E-state index contributed by atoms with van der Waals surface area (Å²) in [5.74, 6) is -3.94. The zero-order valence-electron chi connectivity index (χ0n) is 34.2. The molecule has 320 valence electrons. The predicted molar refractivity (Wildman–Crippen MR) is 214 cm³/mol. The zero-order chi connectivity index (χ0) is 42.7. The summed E-state index contributed by atoms with van der Waals surface area (Å²) in [5, 5.41) is 13.8. The first kappa shape index (κ1) is 40.9. The summed E-state index contributed by atoms with van der Waals surface area (Å²) < 4.78 is 30.4. The largest absolute Gasteiger partial charge is 0.462 e. The van der Waals surface area contributed by atoms with Gasteiger partial charge >= 0.3 is 17.9 Å². The Morgan fingerprint density at radius 3 is 2.36 bits per heavy atom. The van der Waals surface area contributed by atoms with Crippen LogP contribution in [0.5, 0.6) is 0 Å². The molecule has 15 nitrogen and oxygen atoms in total. The molecule has 1 saturated carbocycles. The van der Waals surface area contributed by atoms with Crippen LogP contribution in [0.1, 0.15) is 48.1 Å². The number of aliphatic hydroxyl groups excluding tert-OH is 1. The smallest absolute Gasteiger partial charge is 0.348 e. The summed E-state index contributed by atoms with van der Waals surface area (Å²) in [6.07, 6.45) is -0.435. The van der Waals surface area contributed by atoms with Crippen LogP contribution in [0, 0.1) is 10.8 Å². The highest BCUT2D eigenvalue weighted by molar-refractivity contribution is 5.96. The van der Waals surface area contributed by atoms with Crippen molar-refractivity contribution in [3.63, 3.8) is 0 Å². The van der Waals surface area contributed by atoms with Crippen molar-refractivity contribution in [1.29, 1.82) is 0 Å². The Hall–Kier alpha value is -5.45. The van der Waals surface area contributed by atoms with E-state index in [2.05, 4.69) is 5.32 Å². The van der Waals surface area contributed by atoms with Crippen molar-refractivity contribution in [2.45, 2.75) is 94.5 Å². The van der Waals surface area contributed by atoms with Gasteiger partial charge in [0, 0.05) is 50.8 Å². The number of amides is 2. The number of hydroxylamine groups is 2. The van der Waals surface area contributed by atoms with Crippen molar-refractivity contribution >= 4 is 35.8 Å². The number of carbonyl (C=O) groups is 5. The van der Waals surface area contributed by atoms with E-state index in [0.717, 1.165) is 16.7 Å². The number of benzene rings is 3. The minimum atomic E-state index is -1.56. The number of carbonyl (C=O) groups excluding carboxylic acids is 5. The Labute approximate surface area is 352 Å². The minimum absolute atomic E-state index is 0.00396. The predicted octanol–water partition coefficient (Wildman–Crippen LogP) is 2.45. The average Bonchev–Trinajstić information content (AvgIpc) is 3.98. The highest BCUT2D eigenvalue weighted by atomic mass is 16.8. The molecule has 3 aromatic rings. The Morgan fingerprint density at radius 2 is 1.66 bits per heavy atom. The third-order valence-electron chi connectivity index (χ3n) is 12.9. The Balaban J connectivity index is 1.03. The van der Waals surface area contributed by atoms with Crippen molar-refractivity contribution in [3.05, 3.63) is 113 Å². The molecule has 2 bridgehead atoms. The lowest BCUT2D eigenvalue weighted by Gasteiger charge is -2.50. The molecule has 15 heteroatoms. The number of hydrogen-bond acceptors (Lipinski definition) is 13. The van der Waals surface area contributed by atoms with E-state index in [-0.39, 0.29) is 39.1 Å². The van der Waals surface area contributed by atoms with Gasteiger partial charge in [-0.25, -0.2) is 9.59 Å². The van der Waals surface area contributed by atoms with Crippen LogP contribution < -0.4 is 5.32 Å². The summed E-state index contributed by atoms with van der Waals surface area (Å²) >= 11 is 0. The van der Waals surface area contributed by atoms with Gasteiger partial charge < -0.3 is 39.0 Å². The fourth-order valence-corrected chi connectivity index (χ4v) is 9.98. The number of cyclic esters (lactones) is 1. The van der Waals surface area contributed by atoms with Crippen LogP contribution in [0.4, 0.5) is 0 Å². The molecular weight excluding hydrogens is 787 g/mol. The number of fused-ring (bicyclic) bond motifs is 5. The second-order valence-electron chi connectivity index (χ2n) is 17.5. The number of hydrogen-bond donors (Lipinski definition) is 2. The normalized spacial score (nSPS) is 29.4. The van der Waals surface area contributed by atoms with E-state index >= 15 is 4.79 Å². The van der Waals surface area contributed by atoms with Crippen LogP contribution in [-0.4, -0.2) is 120 Å². The van der Waals surface area contributed by atoms with Gasteiger partial charge in [-0.05, 0) is 33.9 Å². The molecule has 8 atom stereocenters. The molecule has 9 rings (SSSR count). The lowest BCUT2D eigenvalue weighted by molar-refractivity contribution is -0.218. The first-order valence-electron chi connectivity index (χ1n) is 20.7. The molecule has 2 aliphatic carbocycles. The highest BCUT2D eigenvalue weighted by Crippen LogP contribution is 2.59. The van der Waals surface area contributed by atoms with Crippen LogP contribution in [0.2, 0.25) is 0 Å². The number of nitrogens with zero attached hydrogens (tertiary/aromatic N) is 2. The van der Waals surface area contributed by atoms with Gasteiger partial charge in [0.2, 0.25) is 17.9 Å². The van der Waals surface area contributed by atoms with Crippen LogP contribution >= 0.6 is 0 Å². The van der Waals surface area contributed by atoms with E-state index in [0.29, 0.717) is 24.0 Å². The van der Waals surface area contributed by atoms with Crippen molar-refractivity contribution < 1.29 is 57.6 Å². The maximum Gasteiger partial charge on any atom is 0.348 e. The molecule has 6 aliphatic rings. The lowest BCUT2D eigenvalue weighted by Crippen LogP contribution is -2.70. The maximum atomic E-state index is 15.5. The van der Waals surface area contributed by atoms with E-state index < -0.39 is 88.9 Å². The van der Waals surface area contributed by atoms with Crippen molar-refractivity contribution in [1.82, 2.24) is 15.3 Å². The van der Waals surface area contributed by atoms with E-state index in [1.54, 1.807) is 39.1 Å². The quantitative estimate of drug-likeness (QED) is 0.155. The van der Waals surface area contributed by atoms with E-state index in [4.69, 9.17) is 28.5 Å². The standard InChI is InChI=1S/C46H49N3O12/c1-44(2)26-56-42(54)39(44)58-34(51)17-16-28-12-9-13-29(20-28)25-49-37-41(53)57-33-24-46(37,43(55)48(3)32(40(52)47-18-19-50)21-27-10-5-4-6-11-27)38(61-49)36-35(33)59-45(60-36)22-30-14-7-8-15-31(30)23-45/h4-17,20,32-33,35-39,50H,18-19,21-26H2,1-3H3,(H,47,52). The first-order valence-corrected chi connectivity index (χ1v) is 20.7. The number of esters is 3. The number of nitrogens with one attached hydrogen (secondary N) is 1. The number of aliphatic hydroxyl groups is 1. The summed E-state index contributed by atoms with van der Waals surface area (Å²) in [7, 11) is 1.56. The molecular formula is C46H49N3O12. The monoisotopic (exact) mass is 835 g/mol. The van der Waals surface area contributed by atoms with Crippen LogP contribution in [0.25, 0.3) is 6.08 Å². The molecule has 2 N–H and O–H groups in total. The van der Waals surface area contributed by atoms with Gasteiger partial charge in [-0.15, -0.1) is 0 Å². The highest BCUT2D eigenvalue weighted by Gasteiger charge is 2.77. The number of rotatable bonds is 12. The van der Waals surface area contributed by atoms with Crippen LogP contribution in [0.15, 0.2) is 84.9 Å². The minimum Gasteiger partial charge on any atom is -0.462 e. The molecule has 0 radical (unpaired) electrons. The SMILES string of the molecule is CN(C(=O)C12CC3OC(=O)C1N(Cc1cccc(C=CC(=O)OC4C(=O)OCC4(C)C)c1)OC2C1OC2(Cc4ccccc4C2)OC31)C(Cc1ccccc1)C(=O)NCCO. The summed E-state index contributed by atoms with van der Waals surface area (Å²) in [6.45, 7) is 3.47. The molecule has 61 heavy (non-hydrogen) atoms. The van der Waals surface area contributed by atoms with Crippen LogP contribution in [0.3, 0.4) is 0 Å².